The van der Waals surface area contributed by atoms with Crippen LogP contribution in [-0.2, 0) is 18.3 Å². The lowest BCUT2D eigenvalue weighted by molar-refractivity contribution is 0.0650. The number of aromatic nitrogens is 5. The smallest absolute Gasteiger partial charge is 0.257 e. The lowest BCUT2D eigenvalue weighted by Crippen LogP contribution is -2.42. The molecule has 0 aliphatic carbocycles. The number of carbonyl (C=O) groups is 1. The van der Waals surface area contributed by atoms with Gasteiger partial charge in [0.25, 0.3) is 5.91 Å². The van der Waals surface area contributed by atoms with Crippen LogP contribution in [0.2, 0.25) is 0 Å². The van der Waals surface area contributed by atoms with Crippen LogP contribution in [0, 0.1) is 0 Å². The Morgan fingerprint density at radius 3 is 2.63 bits per heavy atom. The molecule has 2 aliphatic heterocycles. The number of nitrogens with zero attached hydrogens (tertiary/aromatic N) is 7. The number of carbonyl (C=O) groups excluding carboxylic acids is 1. The third-order valence-corrected chi connectivity index (χ3v) is 6.67. The molecule has 0 atom stereocenters. The highest BCUT2D eigenvalue weighted by Gasteiger charge is 2.26. The summed E-state index contributed by atoms with van der Waals surface area (Å²) in [5.74, 6) is 1.57. The number of amides is 1. The average Bonchev–Trinajstić information content (AvgIpc) is 3.45. The summed E-state index contributed by atoms with van der Waals surface area (Å²) in [7, 11) is 1.86. The summed E-state index contributed by atoms with van der Waals surface area (Å²) in [5.41, 5.74) is 4.24. The number of fused-ring (bicyclic) bond motifs is 1. The van der Waals surface area contributed by atoms with E-state index in [1.54, 1.807) is 10.9 Å². The topological polar surface area (TPSA) is 92.8 Å². The van der Waals surface area contributed by atoms with Crippen molar-refractivity contribution in [3.05, 3.63) is 60.0 Å². The molecule has 0 spiro atoms. The first kappa shape index (κ1) is 21.6. The van der Waals surface area contributed by atoms with Crippen molar-refractivity contribution in [2.75, 3.05) is 49.6 Å². The van der Waals surface area contributed by atoms with Crippen molar-refractivity contribution in [3.8, 4) is 11.3 Å². The van der Waals surface area contributed by atoms with Crippen LogP contribution in [-0.4, -0.2) is 74.3 Å². The Hall–Kier alpha value is -3.92. The molecular formula is C25H28N8O2. The van der Waals surface area contributed by atoms with Gasteiger partial charge < -0.3 is 19.9 Å². The molecule has 10 nitrogen and oxygen atoms in total. The van der Waals surface area contributed by atoms with E-state index in [-0.39, 0.29) is 5.91 Å². The van der Waals surface area contributed by atoms with Crippen LogP contribution in [0.3, 0.4) is 0 Å². The van der Waals surface area contributed by atoms with Crippen LogP contribution in [0.5, 0.6) is 0 Å². The first-order chi connectivity index (χ1) is 17.2. The largest absolute Gasteiger partial charge is 0.378 e. The molecule has 10 heteroatoms. The second-order valence-corrected chi connectivity index (χ2v) is 8.89. The first-order valence-electron chi connectivity index (χ1n) is 12.0. The number of rotatable bonds is 6. The van der Waals surface area contributed by atoms with Crippen LogP contribution in [0.1, 0.15) is 22.5 Å². The van der Waals surface area contributed by atoms with Gasteiger partial charge in [-0.25, -0.2) is 4.98 Å². The van der Waals surface area contributed by atoms with Crippen LogP contribution in [0.25, 0.3) is 16.9 Å². The quantitative estimate of drug-likeness (QED) is 0.461. The molecule has 0 saturated carbocycles. The van der Waals surface area contributed by atoms with Gasteiger partial charge in [0.1, 0.15) is 11.5 Å². The molecule has 6 rings (SSSR count). The van der Waals surface area contributed by atoms with Crippen LogP contribution < -0.4 is 10.2 Å². The molecular weight excluding hydrogens is 444 g/mol. The zero-order valence-electron chi connectivity index (χ0n) is 19.7. The molecule has 180 valence electrons. The monoisotopic (exact) mass is 472 g/mol. The number of aryl methyl sites for hydroxylation is 1. The van der Waals surface area contributed by atoms with E-state index < -0.39 is 0 Å². The second-order valence-electron chi connectivity index (χ2n) is 8.89. The Morgan fingerprint density at radius 2 is 1.89 bits per heavy atom. The molecule has 0 unspecified atom stereocenters. The minimum absolute atomic E-state index is 0.0410. The van der Waals surface area contributed by atoms with Gasteiger partial charge in [-0.05, 0) is 6.42 Å². The van der Waals surface area contributed by atoms with E-state index in [4.69, 9.17) is 14.7 Å². The molecule has 0 bridgehead atoms. The number of hydrogen-bond acceptors (Lipinski definition) is 7. The van der Waals surface area contributed by atoms with Crippen LogP contribution >= 0.6 is 0 Å². The van der Waals surface area contributed by atoms with Gasteiger partial charge in [-0.1, -0.05) is 30.3 Å². The minimum atomic E-state index is 0.0410. The molecule has 2 aliphatic rings. The summed E-state index contributed by atoms with van der Waals surface area (Å²) in [5, 5.41) is 7.76. The first-order valence-corrected chi connectivity index (χ1v) is 12.0. The fourth-order valence-corrected chi connectivity index (χ4v) is 4.51. The normalized spacial score (nSPS) is 15.9. The number of likely N-dealkylation sites (tertiary alicyclic amines) is 1. The lowest BCUT2D eigenvalue weighted by Gasteiger charge is -2.30. The van der Waals surface area contributed by atoms with Crippen LogP contribution in [0.4, 0.5) is 11.8 Å². The van der Waals surface area contributed by atoms with Gasteiger partial charge in [0.2, 0.25) is 5.95 Å². The highest BCUT2D eigenvalue weighted by atomic mass is 16.5. The summed E-state index contributed by atoms with van der Waals surface area (Å²) in [6.07, 6.45) is 4.76. The predicted octanol–water partition coefficient (Wildman–Crippen LogP) is 2.42. The van der Waals surface area contributed by atoms with Crippen molar-refractivity contribution in [1.82, 2.24) is 29.0 Å². The molecule has 2 saturated heterocycles. The van der Waals surface area contributed by atoms with Crippen molar-refractivity contribution < 1.29 is 9.53 Å². The van der Waals surface area contributed by atoms with Crippen molar-refractivity contribution in [3.63, 3.8) is 0 Å². The molecule has 35 heavy (non-hydrogen) atoms. The summed E-state index contributed by atoms with van der Waals surface area (Å²) >= 11 is 0. The summed E-state index contributed by atoms with van der Waals surface area (Å²) in [6, 6.07) is 12.1. The molecule has 1 aromatic carbocycles. The van der Waals surface area contributed by atoms with E-state index in [2.05, 4.69) is 27.4 Å². The molecule has 5 heterocycles. The number of benzene rings is 1. The number of morpholine rings is 1. The number of hydrogen-bond donors (Lipinski definition) is 1. The zero-order chi connectivity index (χ0) is 23.8. The molecule has 0 radical (unpaired) electrons. The highest BCUT2D eigenvalue weighted by molar-refractivity contribution is 5.95. The van der Waals surface area contributed by atoms with Gasteiger partial charge in [-0.3, -0.25) is 13.9 Å². The maximum atomic E-state index is 12.8. The summed E-state index contributed by atoms with van der Waals surface area (Å²) in [6.45, 7) is 4.91. The second kappa shape index (κ2) is 9.03. The Morgan fingerprint density at radius 1 is 1.09 bits per heavy atom. The van der Waals surface area contributed by atoms with Crippen LogP contribution in [0.15, 0.2) is 48.8 Å². The minimum Gasteiger partial charge on any atom is -0.378 e. The standard InChI is InChI=1S/C25H28N8O2/c1-30-21(19(15-27-30)24(34)31-8-5-9-31)16-26-22-14-23-28-20(18-6-3-2-4-7-18)17-33(23)25(29-22)32-10-12-35-13-11-32/h2-4,6-7,14-15,17,26H,5,8-13,16H2,1H3. The highest BCUT2D eigenvalue weighted by Crippen LogP contribution is 2.26. The maximum absolute atomic E-state index is 12.8. The Kier molecular flexibility index (Phi) is 5.57. The van der Waals surface area contributed by atoms with E-state index in [0.717, 1.165) is 61.1 Å². The van der Waals surface area contributed by atoms with Crippen molar-refractivity contribution >= 4 is 23.3 Å². The predicted molar refractivity (Wildman–Crippen MR) is 133 cm³/mol. The molecule has 2 fully saturated rings. The number of ether oxygens (including phenoxy) is 1. The SMILES string of the molecule is Cn1ncc(C(=O)N2CCC2)c1CNc1cc2nc(-c3ccccc3)cn2c(N2CCOCC2)n1. The van der Waals surface area contributed by atoms with Gasteiger partial charge in [-0.2, -0.15) is 10.1 Å². The molecule has 3 aromatic heterocycles. The molecule has 4 aromatic rings. The van der Waals surface area contributed by atoms with E-state index in [1.807, 2.05) is 46.8 Å². The Labute approximate surface area is 203 Å². The maximum Gasteiger partial charge on any atom is 0.257 e. The van der Waals surface area contributed by atoms with Gasteiger partial charge in [-0.15, -0.1) is 0 Å². The third-order valence-electron chi connectivity index (χ3n) is 6.67. The van der Waals surface area contributed by atoms with Crippen molar-refractivity contribution in [1.29, 1.82) is 0 Å². The van der Waals surface area contributed by atoms with E-state index in [9.17, 15) is 4.79 Å². The van der Waals surface area contributed by atoms with Gasteiger partial charge >= 0.3 is 0 Å². The van der Waals surface area contributed by atoms with E-state index in [0.29, 0.717) is 31.1 Å². The number of nitrogens with one attached hydrogen (secondary N) is 1. The Bertz CT molecular complexity index is 1350. The third kappa shape index (κ3) is 4.10. The lowest BCUT2D eigenvalue weighted by atomic mass is 10.1. The Balaban J connectivity index is 1.33. The van der Waals surface area contributed by atoms with E-state index >= 15 is 0 Å². The zero-order valence-corrected chi connectivity index (χ0v) is 19.7. The van der Waals surface area contributed by atoms with Crippen molar-refractivity contribution in [2.24, 2.45) is 7.05 Å². The summed E-state index contributed by atoms with van der Waals surface area (Å²) in [4.78, 5) is 26.8. The van der Waals surface area contributed by atoms with Gasteiger partial charge in [0.05, 0.1) is 42.9 Å². The van der Waals surface area contributed by atoms with Gasteiger partial charge in [0.15, 0.2) is 0 Å². The van der Waals surface area contributed by atoms with Crippen molar-refractivity contribution in [2.45, 2.75) is 13.0 Å². The van der Waals surface area contributed by atoms with E-state index in [1.165, 1.54) is 0 Å². The fourth-order valence-electron chi connectivity index (χ4n) is 4.51. The van der Waals surface area contributed by atoms with Gasteiger partial charge in [0, 0.05) is 51.1 Å². The fraction of sp³-hybridized carbons (Fsp3) is 0.360. The molecule has 1 amide bonds. The average molecular weight is 473 g/mol. The molecule has 1 N–H and O–H groups in total. The summed E-state index contributed by atoms with van der Waals surface area (Å²) < 4.78 is 9.36. The number of anilines is 2. The number of imidazole rings is 1.